The van der Waals surface area contributed by atoms with Crippen LogP contribution in [-0.2, 0) is 21.4 Å². The highest BCUT2D eigenvalue weighted by Crippen LogP contribution is 2.36. The maximum Gasteiger partial charge on any atom is 0.311 e. The number of rotatable bonds is 5. The average molecular weight is 301 g/mol. The Morgan fingerprint density at radius 3 is 2.65 bits per heavy atom. The predicted molar refractivity (Wildman–Crippen MR) is 71.6 cm³/mol. The largest absolute Gasteiger partial charge is 0.481 e. The van der Waals surface area contributed by atoms with Crippen molar-refractivity contribution in [1.82, 2.24) is 13.9 Å². The molecule has 0 bridgehead atoms. The summed E-state index contributed by atoms with van der Waals surface area (Å²) in [4.78, 5) is 15.3. The number of nitrogens with zero attached hydrogens (tertiary/aromatic N) is 3. The van der Waals surface area contributed by atoms with Crippen molar-refractivity contribution in [1.29, 1.82) is 0 Å². The molecule has 112 valence electrons. The van der Waals surface area contributed by atoms with Crippen LogP contribution in [-0.4, -0.2) is 46.4 Å². The minimum absolute atomic E-state index is 0.0140. The molecule has 0 aromatic carbocycles. The molecule has 1 fully saturated rings. The van der Waals surface area contributed by atoms with Crippen LogP contribution in [0.5, 0.6) is 0 Å². The van der Waals surface area contributed by atoms with Crippen molar-refractivity contribution in [3.8, 4) is 0 Å². The van der Waals surface area contributed by atoms with E-state index in [1.165, 1.54) is 16.8 Å². The molecule has 2 rings (SSSR count). The zero-order chi connectivity index (χ0) is 15.0. The van der Waals surface area contributed by atoms with E-state index in [1.807, 2.05) is 6.92 Å². The Labute approximate surface area is 118 Å². The Morgan fingerprint density at radius 2 is 2.20 bits per heavy atom. The number of carbonyl (C=O) groups is 1. The molecule has 1 aliphatic heterocycles. The van der Waals surface area contributed by atoms with Gasteiger partial charge in [-0.2, -0.15) is 4.31 Å². The first-order valence-electron chi connectivity index (χ1n) is 6.61. The van der Waals surface area contributed by atoms with Gasteiger partial charge in [0.25, 0.3) is 10.0 Å². The van der Waals surface area contributed by atoms with Gasteiger partial charge in [0.1, 0.15) is 0 Å². The number of hydrogen-bond donors (Lipinski definition) is 1. The SMILES string of the molecule is CCn1cnc(S(=O)(=O)N2CCC(CC)(C(=O)O)C2)c1. The van der Waals surface area contributed by atoms with Crippen LogP contribution in [0.25, 0.3) is 0 Å². The number of aliphatic carboxylic acids is 1. The van der Waals surface area contributed by atoms with Crippen LogP contribution in [0.2, 0.25) is 0 Å². The highest BCUT2D eigenvalue weighted by molar-refractivity contribution is 7.89. The molecule has 7 nitrogen and oxygen atoms in total. The summed E-state index contributed by atoms with van der Waals surface area (Å²) in [6, 6.07) is 0. The second kappa shape index (κ2) is 5.17. The van der Waals surface area contributed by atoms with Gasteiger partial charge in [-0.05, 0) is 19.8 Å². The molecule has 2 heterocycles. The van der Waals surface area contributed by atoms with Gasteiger partial charge in [0.15, 0.2) is 5.03 Å². The van der Waals surface area contributed by atoms with Gasteiger partial charge in [-0.15, -0.1) is 0 Å². The van der Waals surface area contributed by atoms with Crippen molar-refractivity contribution in [2.75, 3.05) is 13.1 Å². The molecule has 20 heavy (non-hydrogen) atoms. The van der Waals surface area contributed by atoms with E-state index in [-0.39, 0.29) is 18.1 Å². The quantitative estimate of drug-likeness (QED) is 0.867. The molecule has 1 aromatic rings. The predicted octanol–water partition coefficient (Wildman–Crippen LogP) is 0.778. The first-order valence-corrected chi connectivity index (χ1v) is 8.05. The molecule has 1 N–H and O–H groups in total. The van der Waals surface area contributed by atoms with Gasteiger partial charge in [0.2, 0.25) is 0 Å². The van der Waals surface area contributed by atoms with Crippen molar-refractivity contribution in [3.05, 3.63) is 12.5 Å². The highest BCUT2D eigenvalue weighted by Gasteiger charge is 2.47. The lowest BCUT2D eigenvalue weighted by atomic mass is 9.85. The Kier molecular flexibility index (Phi) is 3.88. The van der Waals surface area contributed by atoms with Crippen molar-refractivity contribution < 1.29 is 18.3 Å². The molecule has 0 spiro atoms. The van der Waals surface area contributed by atoms with Gasteiger partial charge in [0, 0.05) is 25.8 Å². The second-order valence-electron chi connectivity index (χ2n) is 5.07. The fraction of sp³-hybridized carbons (Fsp3) is 0.667. The molecular formula is C12H19N3O4S. The lowest BCUT2D eigenvalue weighted by molar-refractivity contribution is -0.148. The minimum atomic E-state index is -3.70. The van der Waals surface area contributed by atoms with E-state index in [2.05, 4.69) is 4.98 Å². The van der Waals surface area contributed by atoms with Crippen LogP contribution >= 0.6 is 0 Å². The minimum Gasteiger partial charge on any atom is -0.481 e. The van der Waals surface area contributed by atoms with Crippen LogP contribution in [0.3, 0.4) is 0 Å². The molecular weight excluding hydrogens is 282 g/mol. The summed E-state index contributed by atoms with van der Waals surface area (Å²) in [6.45, 7) is 4.54. The number of hydrogen-bond acceptors (Lipinski definition) is 4. The third-order valence-corrected chi connectivity index (χ3v) is 5.76. The van der Waals surface area contributed by atoms with Gasteiger partial charge < -0.3 is 9.67 Å². The maximum atomic E-state index is 12.4. The van der Waals surface area contributed by atoms with Gasteiger partial charge in [-0.1, -0.05) is 6.92 Å². The molecule has 8 heteroatoms. The van der Waals surface area contributed by atoms with Crippen LogP contribution < -0.4 is 0 Å². The number of imidazole rings is 1. The Morgan fingerprint density at radius 1 is 1.50 bits per heavy atom. The topological polar surface area (TPSA) is 92.5 Å². The fourth-order valence-electron chi connectivity index (χ4n) is 2.43. The summed E-state index contributed by atoms with van der Waals surface area (Å²) in [5.41, 5.74) is -0.972. The second-order valence-corrected chi connectivity index (χ2v) is 6.95. The van der Waals surface area contributed by atoms with Crippen molar-refractivity contribution in [2.45, 2.75) is 38.3 Å². The maximum absolute atomic E-state index is 12.4. The monoisotopic (exact) mass is 301 g/mol. The summed E-state index contributed by atoms with van der Waals surface area (Å²) in [5, 5.41) is 9.30. The summed E-state index contributed by atoms with van der Waals surface area (Å²) >= 11 is 0. The van der Waals surface area contributed by atoms with Gasteiger partial charge >= 0.3 is 5.97 Å². The van der Waals surface area contributed by atoms with Crippen molar-refractivity contribution in [3.63, 3.8) is 0 Å². The van der Waals surface area contributed by atoms with Crippen molar-refractivity contribution in [2.24, 2.45) is 5.41 Å². The van der Waals surface area contributed by atoms with E-state index in [4.69, 9.17) is 0 Å². The molecule has 1 aliphatic rings. The van der Waals surface area contributed by atoms with E-state index >= 15 is 0 Å². The van der Waals surface area contributed by atoms with Gasteiger partial charge in [-0.3, -0.25) is 4.79 Å². The third-order valence-electron chi connectivity index (χ3n) is 4.03. The van der Waals surface area contributed by atoms with Crippen LogP contribution in [0.1, 0.15) is 26.7 Å². The summed E-state index contributed by atoms with van der Waals surface area (Å²) in [7, 11) is -3.70. The number of carboxylic acids is 1. The average Bonchev–Trinajstić information content (AvgIpc) is 3.06. The lowest BCUT2D eigenvalue weighted by Gasteiger charge is -2.22. The zero-order valence-corrected chi connectivity index (χ0v) is 12.4. The molecule has 0 radical (unpaired) electrons. The van der Waals surface area contributed by atoms with Crippen LogP contribution in [0.15, 0.2) is 17.6 Å². The van der Waals surface area contributed by atoms with E-state index in [9.17, 15) is 18.3 Å². The van der Waals surface area contributed by atoms with E-state index in [0.717, 1.165) is 0 Å². The lowest BCUT2D eigenvalue weighted by Crippen LogP contribution is -2.36. The summed E-state index contributed by atoms with van der Waals surface area (Å²) < 4.78 is 27.8. The first-order chi connectivity index (χ1) is 9.35. The van der Waals surface area contributed by atoms with Crippen LogP contribution in [0, 0.1) is 5.41 Å². The Bertz CT molecular complexity index is 610. The zero-order valence-electron chi connectivity index (χ0n) is 11.6. The normalized spacial score (nSPS) is 24.1. The summed E-state index contributed by atoms with van der Waals surface area (Å²) in [5.74, 6) is -0.934. The molecule has 1 atom stereocenters. The molecule has 0 saturated carbocycles. The number of aromatic nitrogens is 2. The molecule has 1 saturated heterocycles. The van der Waals surface area contributed by atoms with Gasteiger partial charge in [0.05, 0.1) is 11.7 Å². The standard InChI is InChI=1S/C12H19N3O4S/c1-3-12(11(16)17)5-6-15(8-12)20(18,19)10-7-14(4-2)9-13-10/h7,9H,3-6,8H2,1-2H3,(H,16,17). The molecule has 1 aromatic heterocycles. The fourth-order valence-corrected chi connectivity index (χ4v) is 3.89. The smallest absolute Gasteiger partial charge is 0.311 e. The number of carboxylic acid groups (broad SMARTS) is 1. The van der Waals surface area contributed by atoms with Crippen molar-refractivity contribution >= 4 is 16.0 Å². The highest BCUT2D eigenvalue weighted by atomic mass is 32.2. The number of aryl methyl sites for hydroxylation is 1. The van der Waals surface area contributed by atoms with E-state index in [1.54, 1.807) is 11.5 Å². The van der Waals surface area contributed by atoms with Crippen LogP contribution in [0.4, 0.5) is 0 Å². The molecule has 0 amide bonds. The Hall–Kier alpha value is -1.41. The van der Waals surface area contributed by atoms with E-state index in [0.29, 0.717) is 19.4 Å². The van der Waals surface area contributed by atoms with E-state index < -0.39 is 21.4 Å². The number of sulfonamides is 1. The first kappa shape index (κ1) is 15.0. The molecule has 1 unspecified atom stereocenters. The Balaban J connectivity index is 2.26. The summed E-state index contributed by atoms with van der Waals surface area (Å²) in [6.07, 6.45) is 3.69. The molecule has 0 aliphatic carbocycles. The van der Waals surface area contributed by atoms with Gasteiger partial charge in [-0.25, -0.2) is 13.4 Å². The third kappa shape index (κ3) is 2.33.